The molecule has 2 heterocycles. The molecule has 1 unspecified atom stereocenters. The maximum absolute atomic E-state index is 14.5. The molecule has 2 aliphatic rings. The van der Waals surface area contributed by atoms with Gasteiger partial charge in [0, 0.05) is 25.0 Å². The van der Waals surface area contributed by atoms with Crippen molar-refractivity contribution >= 4 is 35.3 Å². The lowest BCUT2D eigenvalue weighted by molar-refractivity contribution is -0.146. The first kappa shape index (κ1) is 39.5. The zero-order chi connectivity index (χ0) is 36.8. The van der Waals surface area contributed by atoms with Crippen LogP contribution in [-0.2, 0) is 24.0 Å². The number of likely N-dealkylation sites (tertiary alicyclic amines) is 1. The van der Waals surface area contributed by atoms with Crippen LogP contribution in [0.3, 0.4) is 0 Å². The first-order valence-electron chi connectivity index (χ1n) is 17.6. The predicted octanol–water partition coefficient (Wildman–Crippen LogP) is 2.79. The van der Waals surface area contributed by atoms with Gasteiger partial charge in [-0.2, -0.15) is 0 Å². The third kappa shape index (κ3) is 9.85. The third-order valence-electron chi connectivity index (χ3n) is 9.83. The SMILES string of the molecule is CCC[C@H](NC(=O)[C@@H]1[C@H]2CCC[C@H]2CN1C(=O)[C@@H](NC(=O)[C@@H](NC(=O)c1cnccn1)C(C)(C)C)C(C)(C)C)C(=O)C(=O)NC(C)C(C)C. The second-order valence-electron chi connectivity index (χ2n) is 16.2. The molecule has 1 aliphatic carbocycles. The van der Waals surface area contributed by atoms with Gasteiger partial charge < -0.3 is 26.2 Å². The molecule has 3 rings (SSSR count). The van der Waals surface area contributed by atoms with Crippen molar-refractivity contribution in [3.8, 4) is 0 Å². The summed E-state index contributed by atoms with van der Waals surface area (Å²) in [4.78, 5) is 91.2. The van der Waals surface area contributed by atoms with Crippen molar-refractivity contribution in [2.24, 2.45) is 28.6 Å². The van der Waals surface area contributed by atoms with E-state index in [9.17, 15) is 28.8 Å². The number of nitrogens with one attached hydrogen (secondary N) is 4. The van der Waals surface area contributed by atoms with Crippen LogP contribution in [0.25, 0.3) is 0 Å². The summed E-state index contributed by atoms with van der Waals surface area (Å²) in [6, 6.07) is -4.18. The Morgan fingerprint density at radius 1 is 0.878 bits per heavy atom. The normalized spacial score (nSPS) is 21.6. The van der Waals surface area contributed by atoms with Gasteiger partial charge in [0.2, 0.25) is 23.5 Å². The van der Waals surface area contributed by atoms with E-state index in [1.165, 1.54) is 18.6 Å². The largest absolute Gasteiger partial charge is 0.347 e. The number of hydrogen-bond acceptors (Lipinski definition) is 8. The van der Waals surface area contributed by atoms with Gasteiger partial charge in [-0.15, -0.1) is 0 Å². The van der Waals surface area contributed by atoms with Crippen molar-refractivity contribution in [2.75, 3.05) is 6.54 Å². The maximum atomic E-state index is 14.5. The molecule has 2 fully saturated rings. The molecule has 0 radical (unpaired) electrons. The second-order valence-corrected chi connectivity index (χ2v) is 16.2. The molecular weight excluding hydrogens is 626 g/mol. The van der Waals surface area contributed by atoms with Gasteiger partial charge in [-0.3, -0.25) is 33.8 Å². The molecule has 1 aromatic heterocycles. The summed E-state index contributed by atoms with van der Waals surface area (Å²) >= 11 is 0. The summed E-state index contributed by atoms with van der Waals surface area (Å²) in [5.74, 6) is -3.35. The van der Waals surface area contributed by atoms with Crippen molar-refractivity contribution < 1.29 is 28.8 Å². The number of aromatic nitrogens is 2. The van der Waals surface area contributed by atoms with Crippen molar-refractivity contribution in [2.45, 2.75) is 132 Å². The smallest absolute Gasteiger partial charge is 0.289 e. The number of ketones is 1. The van der Waals surface area contributed by atoms with Crippen molar-refractivity contribution in [1.82, 2.24) is 36.1 Å². The molecule has 49 heavy (non-hydrogen) atoms. The van der Waals surface area contributed by atoms with Crippen molar-refractivity contribution in [3.05, 3.63) is 24.3 Å². The van der Waals surface area contributed by atoms with Crippen LogP contribution in [0.1, 0.15) is 112 Å². The summed E-state index contributed by atoms with van der Waals surface area (Å²) in [6.45, 7) is 18.8. The molecule has 7 atom stereocenters. The number of rotatable bonds is 13. The van der Waals surface area contributed by atoms with Gasteiger partial charge in [0.1, 0.15) is 23.8 Å². The number of nitrogens with zero attached hydrogens (tertiary/aromatic N) is 3. The van der Waals surface area contributed by atoms with Crippen LogP contribution in [0.2, 0.25) is 0 Å². The summed E-state index contributed by atoms with van der Waals surface area (Å²) < 4.78 is 0. The van der Waals surface area contributed by atoms with Crippen LogP contribution in [0, 0.1) is 28.6 Å². The Morgan fingerprint density at radius 3 is 2.08 bits per heavy atom. The molecule has 1 aliphatic heterocycles. The molecule has 0 spiro atoms. The Hall–Kier alpha value is -3.90. The topological polar surface area (TPSA) is 180 Å². The van der Waals surface area contributed by atoms with E-state index < -0.39 is 70.3 Å². The lowest BCUT2D eigenvalue weighted by Gasteiger charge is -2.38. The summed E-state index contributed by atoms with van der Waals surface area (Å²) in [6.07, 6.45) is 7.50. The molecular formula is C36H57N7O6. The molecule has 1 aromatic rings. The molecule has 13 nitrogen and oxygen atoms in total. The number of fused-ring (bicyclic) bond motifs is 1. The number of carbonyl (C=O) groups is 6. The van der Waals surface area contributed by atoms with Crippen LogP contribution in [0.4, 0.5) is 0 Å². The standard InChI is InChI=1S/C36H57N7O6/c1-11-13-24(27(44)32(47)39-21(4)20(2)3)40-31(46)26-23-15-12-14-22(23)19-43(26)34(49)29(36(8,9)10)42-33(48)28(35(5,6)7)41-30(45)25-18-37-16-17-38-25/h16-18,20-24,26,28-29H,11-15,19H2,1-10H3,(H,39,47)(H,40,46)(H,41,45)(H,42,48)/t21?,22-,23-,24-,26-,28+,29+/m0/s1. The highest BCUT2D eigenvalue weighted by molar-refractivity contribution is 6.38. The van der Waals surface area contributed by atoms with Gasteiger partial charge in [0.05, 0.1) is 12.2 Å². The Balaban J connectivity index is 1.87. The van der Waals surface area contributed by atoms with Crippen LogP contribution in [0.15, 0.2) is 18.6 Å². The van der Waals surface area contributed by atoms with Crippen LogP contribution < -0.4 is 21.3 Å². The van der Waals surface area contributed by atoms with Crippen LogP contribution >= 0.6 is 0 Å². The van der Waals surface area contributed by atoms with Crippen LogP contribution in [-0.4, -0.2) is 86.9 Å². The fraction of sp³-hybridized carbons (Fsp3) is 0.722. The Kier molecular flexibility index (Phi) is 13.1. The Morgan fingerprint density at radius 2 is 1.53 bits per heavy atom. The lowest BCUT2D eigenvalue weighted by Crippen LogP contribution is -2.63. The summed E-state index contributed by atoms with van der Waals surface area (Å²) in [7, 11) is 0. The highest BCUT2D eigenvalue weighted by Crippen LogP contribution is 2.43. The maximum Gasteiger partial charge on any atom is 0.289 e. The molecule has 5 amide bonds. The quantitative estimate of drug-likeness (QED) is 0.229. The van der Waals surface area contributed by atoms with Gasteiger partial charge in [-0.25, -0.2) is 4.98 Å². The molecule has 272 valence electrons. The van der Waals surface area contributed by atoms with E-state index >= 15 is 0 Å². The molecule has 13 heteroatoms. The zero-order valence-corrected chi connectivity index (χ0v) is 30.9. The molecule has 4 N–H and O–H groups in total. The zero-order valence-electron chi connectivity index (χ0n) is 30.9. The second kappa shape index (κ2) is 16.2. The van der Waals surface area contributed by atoms with E-state index in [0.717, 1.165) is 19.3 Å². The van der Waals surface area contributed by atoms with Crippen molar-refractivity contribution in [3.63, 3.8) is 0 Å². The minimum atomic E-state index is -1.04. The van der Waals surface area contributed by atoms with Gasteiger partial charge in [-0.1, -0.05) is 75.2 Å². The summed E-state index contributed by atoms with van der Waals surface area (Å²) in [5, 5.41) is 11.3. The Labute approximate surface area is 290 Å². The first-order chi connectivity index (χ1) is 22.8. The van der Waals surface area contributed by atoms with E-state index in [-0.39, 0.29) is 35.9 Å². The number of carbonyl (C=O) groups excluding carboxylic acids is 6. The molecule has 1 saturated carbocycles. The van der Waals surface area contributed by atoms with E-state index in [1.54, 1.807) is 4.90 Å². The third-order valence-corrected chi connectivity index (χ3v) is 9.83. The fourth-order valence-electron chi connectivity index (χ4n) is 6.62. The summed E-state index contributed by atoms with van der Waals surface area (Å²) in [5.41, 5.74) is -1.45. The van der Waals surface area contributed by atoms with E-state index in [2.05, 4.69) is 31.2 Å². The van der Waals surface area contributed by atoms with Gasteiger partial charge in [0.25, 0.3) is 11.8 Å². The van der Waals surface area contributed by atoms with E-state index in [0.29, 0.717) is 13.0 Å². The average molecular weight is 684 g/mol. The molecule has 0 aromatic carbocycles. The minimum absolute atomic E-state index is 0.0530. The van der Waals surface area contributed by atoms with Crippen molar-refractivity contribution in [1.29, 1.82) is 0 Å². The molecule has 0 bridgehead atoms. The van der Waals surface area contributed by atoms with Gasteiger partial charge in [-0.05, 0) is 54.8 Å². The highest BCUT2D eigenvalue weighted by atomic mass is 16.2. The van der Waals surface area contributed by atoms with E-state index in [1.807, 2.05) is 69.2 Å². The van der Waals surface area contributed by atoms with Gasteiger partial charge in [0.15, 0.2) is 0 Å². The average Bonchev–Trinajstić information content (AvgIpc) is 3.62. The van der Waals surface area contributed by atoms with E-state index in [4.69, 9.17) is 0 Å². The predicted molar refractivity (Wildman–Crippen MR) is 185 cm³/mol. The highest BCUT2D eigenvalue weighted by Gasteiger charge is 2.52. The van der Waals surface area contributed by atoms with Crippen LogP contribution in [0.5, 0.6) is 0 Å². The lowest BCUT2D eigenvalue weighted by atomic mass is 9.82. The first-order valence-corrected chi connectivity index (χ1v) is 17.6. The molecule has 1 saturated heterocycles. The number of hydrogen-bond donors (Lipinski definition) is 4. The fourth-order valence-corrected chi connectivity index (χ4v) is 6.62. The Bertz CT molecular complexity index is 1370. The number of amides is 5. The minimum Gasteiger partial charge on any atom is -0.347 e. The monoisotopic (exact) mass is 683 g/mol. The van der Waals surface area contributed by atoms with Gasteiger partial charge >= 0.3 is 0 Å². The number of Topliss-reactive ketones (excluding diaryl/α,β-unsaturated/α-hetero) is 1.